The van der Waals surface area contributed by atoms with E-state index in [4.69, 9.17) is 10.00 Å². The molecule has 108 valence electrons. The van der Waals surface area contributed by atoms with E-state index in [1.54, 1.807) is 42.5 Å². The Morgan fingerprint density at radius 2 is 1.91 bits per heavy atom. The molecule has 5 heteroatoms. The second-order valence-corrected chi connectivity index (χ2v) is 5.57. The van der Waals surface area contributed by atoms with Crippen molar-refractivity contribution < 1.29 is 9.84 Å². The van der Waals surface area contributed by atoms with Crippen LogP contribution in [0.25, 0.3) is 11.6 Å². The summed E-state index contributed by atoms with van der Waals surface area (Å²) in [6.45, 7) is 0. The summed E-state index contributed by atoms with van der Waals surface area (Å²) in [6, 6.07) is 14.4. The summed E-state index contributed by atoms with van der Waals surface area (Å²) in [5, 5.41) is 28.0. The minimum absolute atomic E-state index is 0.0807. The van der Waals surface area contributed by atoms with Crippen LogP contribution in [0.4, 0.5) is 0 Å². The molecule has 0 aliphatic rings. The number of methoxy groups -OCH3 is 1. The average Bonchev–Trinajstić information content (AvgIpc) is 2.55. The van der Waals surface area contributed by atoms with Gasteiger partial charge in [-0.25, -0.2) is 0 Å². The van der Waals surface area contributed by atoms with Crippen molar-refractivity contribution in [3.8, 4) is 23.6 Å². The molecule has 0 aliphatic heterocycles. The fourth-order valence-corrected chi connectivity index (χ4v) is 2.53. The normalized spacial score (nSPS) is 10.6. The van der Waals surface area contributed by atoms with Gasteiger partial charge in [-0.3, -0.25) is 0 Å². The first-order chi connectivity index (χ1) is 10.6. The number of phenols is 1. The third-order valence-electron chi connectivity index (χ3n) is 3.03. The summed E-state index contributed by atoms with van der Waals surface area (Å²) >= 11 is 2.00. The van der Waals surface area contributed by atoms with Gasteiger partial charge >= 0.3 is 0 Å². The third kappa shape index (κ3) is 3.38. The Bertz CT molecular complexity index is 812. The lowest BCUT2D eigenvalue weighted by molar-refractivity contribution is 0.371. The third-order valence-corrected chi connectivity index (χ3v) is 3.85. The Hall–Kier alpha value is -2.51. The zero-order valence-electron chi connectivity index (χ0n) is 11.7. The van der Waals surface area contributed by atoms with Crippen LogP contribution in [0.15, 0.2) is 36.4 Å². The molecule has 22 heavy (non-hydrogen) atoms. The molecule has 0 unspecified atom stereocenters. The molecular formula is C17H11IN2O2. The van der Waals surface area contributed by atoms with Crippen LogP contribution in [0.2, 0.25) is 0 Å². The summed E-state index contributed by atoms with van der Waals surface area (Å²) in [5.74, 6) is 0.437. The highest BCUT2D eigenvalue weighted by Crippen LogP contribution is 2.33. The van der Waals surface area contributed by atoms with Crippen molar-refractivity contribution in [2.24, 2.45) is 0 Å². The maximum absolute atomic E-state index is 9.84. The second-order valence-electron chi connectivity index (χ2n) is 4.41. The Kier molecular flexibility index (Phi) is 5.03. The van der Waals surface area contributed by atoms with Crippen LogP contribution in [0.5, 0.6) is 11.5 Å². The zero-order chi connectivity index (χ0) is 16.1. The minimum Gasteiger partial charge on any atom is -0.504 e. The molecule has 2 aromatic rings. The monoisotopic (exact) mass is 402 g/mol. The highest BCUT2D eigenvalue weighted by molar-refractivity contribution is 14.1. The molecule has 0 saturated heterocycles. The molecule has 0 amide bonds. The molecule has 0 aromatic heterocycles. The summed E-state index contributed by atoms with van der Waals surface area (Å²) in [4.78, 5) is 0. The molecule has 0 atom stereocenters. The van der Waals surface area contributed by atoms with Crippen LogP contribution in [0, 0.1) is 26.2 Å². The van der Waals surface area contributed by atoms with E-state index in [1.165, 1.54) is 7.11 Å². The largest absolute Gasteiger partial charge is 0.504 e. The van der Waals surface area contributed by atoms with Gasteiger partial charge in [0.1, 0.15) is 0 Å². The van der Waals surface area contributed by atoms with Gasteiger partial charge in [-0.15, -0.1) is 0 Å². The number of benzene rings is 2. The van der Waals surface area contributed by atoms with Gasteiger partial charge in [0.25, 0.3) is 0 Å². The van der Waals surface area contributed by atoms with Crippen molar-refractivity contribution in [1.82, 2.24) is 0 Å². The topological polar surface area (TPSA) is 77.0 Å². The highest BCUT2D eigenvalue weighted by atomic mass is 127. The van der Waals surface area contributed by atoms with Crippen LogP contribution >= 0.6 is 22.6 Å². The smallest absolute Gasteiger partial charge is 0.171 e. The van der Waals surface area contributed by atoms with Crippen molar-refractivity contribution in [2.75, 3.05) is 7.11 Å². The molecule has 0 saturated carbocycles. The molecule has 0 radical (unpaired) electrons. The zero-order valence-corrected chi connectivity index (χ0v) is 13.8. The number of hydrogen-bond donors (Lipinski definition) is 1. The Balaban J connectivity index is 2.47. The maximum Gasteiger partial charge on any atom is 0.171 e. The van der Waals surface area contributed by atoms with E-state index in [0.29, 0.717) is 20.5 Å². The van der Waals surface area contributed by atoms with Gasteiger partial charge < -0.3 is 9.84 Å². The number of rotatable bonds is 3. The quantitative estimate of drug-likeness (QED) is 0.479. The predicted octanol–water partition coefficient (Wildman–Crippen LogP) is 3.94. The number of aromatic hydroxyl groups is 1. The van der Waals surface area contributed by atoms with Gasteiger partial charge in [0.15, 0.2) is 11.5 Å². The van der Waals surface area contributed by atoms with Gasteiger partial charge in [-0.1, -0.05) is 12.1 Å². The molecule has 2 rings (SSSR count). The SMILES string of the molecule is COc1cc(/C=C(/C#N)c2ccc(C#N)cc2)cc(I)c1O. The van der Waals surface area contributed by atoms with Crippen LogP contribution in [0.1, 0.15) is 16.7 Å². The van der Waals surface area contributed by atoms with Crippen molar-refractivity contribution >= 4 is 34.2 Å². The molecule has 0 spiro atoms. The predicted molar refractivity (Wildman–Crippen MR) is 92.0 cm³/mol. The van der Waals surface area contributed by atoms with Crippen LogP contribution in [0.3, 0.4) is 0 Å². The van der Waals surface area contributed by atoms with Crippen molar-refractivity contribution in [3.63, 3.8) is 0 Å². The van der Waals surface area contributed by atoms with Gasteiger partial charge in [-0.2, -0.15) is 10.5 Å². The molecule has 0 heterocycles. The van der Waals surface area contributed by atoms with Crippen LogP contribution < -0.4 is 4.74 Å². The van der Waals surface area contributed by atoms with E-state index in [-0.39, 0.29) is 5.75 Å². The van der Waals surface area contributed by atoms with Crippen LogP contribution in [-0.2, 0) is 0 Å². The fraction of sp³-hybridized carbons (Fsp3) is 0.0588. The van der Waals surface area contributed by atoms with E-state index in [2.05, 4.69) is 6.07 Å². The Morgan fingerprint density at radius 1 is 1.23 bits per heavy atom. The van der Waals surface area contributed by atoms with Crippen molar-refractivity contribution in [1.29, 1.82) is 10.5 Å². The number of hydrogen-bond acceptors (Lipinski definition) is 4. The lowest BCUT2D eigenvalue weighted by Crippen LogP contribution is -1.89. The van der Waals surface area contributed by atoms with E-state index >= 15 is 0 Å². The van der Waals surface area contributed by atoms with Crippen molar-refractivity contribution in [3.05, 3.63) is 56.7 Å². The van der Waals surface area contributed by atoms with Gasteiger partial charge in [0.2, 0.25) is 0 Å². The molecular weight excluding hydrogens is 391 g/mol. The van der Waals surface area contributed by atoms with E-state index in [0.717, 1.165) is 11.1 Å². The number of phenolic OH excluding ortho intramolecular Hbond substituents is 1. The Labute approximate surface area is 142 Å². The lowest BCUT2D eigenvalue weighted by Gasteiger charge is -2.07. The molecule has 0 aliphatic carbocycles. The first-order valence-corrected chi connectivity index (χ1v) is 7.35. The summed E-state index contributed by atoms with van der Waals surface area (Å²) < 4.78 is 5.75. The lowest BCUT2D eigenvalue weighted by atomic mass is 10.0. The maximum atomic E-state index is 9.84. The molecule has 2 aromatic carbocycles. The van der Waals surface area contributed by atoms with Gasteiger partial charge in [0.05, 0.1) is 34.0 Å². The highest BCUT2D eigenvalue weighted by Gasteiger charge is 2.09. The average molecular weight is 402 g/mol. The number of halogens is 1. The number of nitriles is 2. The van der Waals surface area contributed by atoms with E-state index in [9.17, 15) is 10.4 Å². The first-order valence-electron chi connectivity index (χ1n) is 6.28. The molecule has 4 nitrogen and oxygen atoms in total. The van der Waals surface area contributed by atoms with Gasteiger partial charge in [0, 0.05) is 0 Å². The minimum atomic E-state index is 0.0807. The van der Waals surface area contributed by atoms with E-state index in [1.807, 2.05) is 28.7 Å². The number of ether oxygens (including phenoxy) is 1. The molecule has 0 bridgehead atoms. The summed E-state index contributed by atoms with van der Waals surface area (Å²) in [6.07, 6.45) is 1.71. The summed E-state index contributed by atoms with van der Waals surface area (Å²) in [5.41, 5.74) is 2.48. The number of allylic oxidation sites excluding steroid dienone is 1. The van der Waals surface area contributed by atoms with E-state index < -0.39 is 0 Å². The Morgan fingerprint density at radius 3 is 2.45 bits per heavy atom. The first kappa shape index (κ1) is 15.9. The summed E-state index contributed by atoms with van der Waals surface area (Å²) in [7, 11) is 1.48. The number of nitrogens with zero attached hydrogens (tertiary/aromatic N) is 2. The second kappa shape index (κ2) is 6.97. The fourth-order valence-electron chi connectivity index (χ4n) is 1.90. The van der Waals surface area contributed by atoms with Crippen LogP contribution in [-0.4, -0.2) is 12.2 Å². The molecule has 1 N–H and O–H groups in total. The van der Waals surface area contributed by atoms with Crippen molar-refractivity contribution in [2.45, 2.75) is 0 Å². The molecule has 0 fully saturated rings. The van der Waals surface area contributed by atoms with Gasteiger partial charge in [-0.05, 0) is 64.1 Å². The standard InChI is InChI=1S/C17H11IN2O2/c1-22-16-8-12(7-15(18)17(16)21)6-14(10-20)13-4-2-11(9-19)3-5-13/h2-8,21H,1H3/b14-6-.